The number of anilines is 1. The van der Waals surface area contributed by atoms with Crippen molar-refractivity contribution in [2.45, 2.75) is 13.5 Å². The molecule has 4 rings (SSSR count). The monoisotopic (exact) mass is 405 g/mol. The summed E-state index contributed by atoms with van der Waals surface area (Å²) in [6.07, 6.45) is 1.64. The first-order chi connectivity index (χ1) is 14.5. The molecule has 1 aromatic carbocycles. The lowest BCUT2D eigenvalue weighted by Gasteiger charge is -2.12. The van der Waals surface area contributed by atoms with Crippen molar-refractivity contribution in [3.8, 4) is 5.75 Å². The standard InChI is InChI=1S/C22H20N4O4/c1-3-30-22(28)16-12-17-20(24-18-6-4-5-11-25(18)21(17)27)26(19(16)23)13-14-7-9-15(29-2)10-8-14/h4-12,23H,3,13H2,1-2H3/p+1. The van der Waals surface area contributed by atoms with Gasteiger partial charge in [0.1, 0.15) is 16.7 Å². The molecule has 3 heterocycles. The van der Waals surface area contributed by atoms with Gasteiger partial charge in [0.05, 0.1) is 20.3 Å². The number of carbonyl (C=O) groups is 1. The highest BCUT2D eigenvalue weighted by atomic mass is 16.5. The van der Waals surface area contributed by atoms with Crippen LogP contribution < -0.4 is 20.6 Å². The van der Waals surface area contributed by atoms with Gasteiger partial charge >= 0.3 is 5.97 Å². The van der Waals surface area contributed by atoms with Gasteiger partial charge in [0.15, 0.2) is 0 Å². The van der Waals surface area contributed by atoms with Gasteiger partial charge in [-0.1, -0.05) is 23.2 Å². The van der Waals surface area contributed by atoms with Crippen molar-refractivity contribution in [1.29, 1.82) is 0 Å². The number of nitrogens with two attached hydrogens (primary N) is 1. The Kier molecular flexibility index (Phi) is 5.05. The number of aromatic nitrogens is 3. The van der Waals surface area contributed by atoms with Gasteiger partial charge in [0.25, 0.3) is 11.2 Å². The number of fused-ring (bicyclic) bond motifs is 2. The van der Waals surface area contributed by atoms with Crippen molar-refractivity contribution in [2.24, 2.45) is 0 Å². The summed E-state index contributed by atoms with van der Waals surface area (Å²) < 4.78 is 13.4. The fourth-order valence-electron chi connectivity index (χ4n) is 3.35. The van der Waals surface area contributed by atoms with Crippen LogP contribution in [-0.4, -0.2) is 29.1 Å². The maximum Gasteiger partial charge on any atom is 0.344 e. The van der Waals surface area contributed by atoms with Crippen LogP contribution in [0.3, 0.4) is 0 Å². The molecule has 152 valence electrons. The molecule has 8 heteroatoms. The Morgan fingerprint density at radius 3 is 2.67 bits per heavy atom. The van der Waals surface area contributed by atoms with Crippen molar-refractivity contribution >= 4 is 28.5 Å². The topological polar surface area (TPSA) is 99.8 Å². The number of nitrogen functional groups attached to an aromatic ring is 1. The lowest BCUT2D eigenvalue weighted by molar-refractivity contribution is -0.649. The van der Waals surface area contributed by atoms with Crippen LogP contribution in [0.1, 0.15) is 22.8 Å². The van der Waals surface area contributed by atoms with Crippen LogP contribution in [0.25, 0.3) is 16.7 Å². The van der Waals surface area contributed by atoms with Crippen LogP contribution in [0.5, 0.6) is 5.75 Å². The molecule has 3 aromatic heterocycles. The smallest absolute Gasteiger partial charge is 0.344 e. The van der Waals surface area contributed by atoms with Crippen LogP contribution in [0, 0.1) is 0 Å². The van der Waals surface area contributed by atoms with Crippen molar-refractivity contribution in [1.82, 2.24) is 9.38 Å². The molecule has 0 atom stereocenters. The van der Waals surface area contributed by atoms with Gasteiger partial charge in [-0.25, -0.2) is 9.36 Å². The third-order valence-corrected chi connectivity index (χ3v) is 4.86. The van der Waals surface area contributed by atoms with E-state index in [0.717, 1.165) is 11.3 Å². The van der Waals surface area contributed by atoms with E-state index in [-0.39, 0.29) is 28.9 Å². The molecule has 4 aromatic rings. The normalized spacial score (nSPS) is 11.0. The predicted octanol–water partition coefficient (Wildman–Crippen LogP) is 1.95. The molecule has 8 nitrogen and oxygen atoms in total. The van der Waals surface area contributed by atoms with Crippen molar-refractivity contribution in [2.75, 3.05) is 19.5 Å². The minimum atomic E-state index is -0.585. The van der Waals surface area contributed by atoms with E-state index in [9.17, 15) is 9.59 Å². The van der Waals surface area contributed by atoms with Gasteiger partial charge in [-0.15, -0.1) is 0 Å². The van der Waals surface area contributed by atoms with Crippen molar-refractivity contribution < 1.29 is 18.8 Å². The Hall–Kier alpha value is -3.94. The minimum Gasteiger partial charge on any atom is -0.497 e. The van der Waals surface area contributed by atoms with E-state index in [4.69, 9.17) is 15.2 Å². The zero-order valence-electron chi connectivity index (χ0n) is 16.7. The maximum absolute atomic E-state index is 13.1. The van der Waals surface area contributed by atoms with E-state index >= 15 is 0 Å². The lowest BCUT2D eigenvalue weighted by Crippen LogP contribution is -2.42. The summed E-state index contributed by atoms with van der Waals surface area (Å²) in [5.74, 6) is 0.325. The lowest BCUT2D eigenvalue weighted by atomic mass is 10.1. The van der Waals surface area contributed by atoms with E-state index in [1.54, 1.807) is 43.0 Å². The van der Waals surface area contributed by atoms with Crippen LogP contribution in [0.2, 0.25) is 0 Å². The second-order valence-corrected chi connectivity index (χ2v) is 6.68. The highest BCUT2D eigenvalue weighted by Gasteiger charge is 2.25. The number of carbonyl (C=O) groups excluding carboxylic acids is 1. The number of rotatable bonds is 5. The Bertz CT molecular complexity index is 1310. The average molecular weight is 405 g/mol. The third kappa shape index (κ3) is 3.32. The molecular weight excluding hydrogens is 384 g/mol. The Balaban J connectivity index is 2.00. The number of hydrogen-bond acceptors (Lipinski definition) is 6. The molecule has 0 radical (unpaired) electrons. The number of esters is 1. The second-order valence-electron chi connectivity index (χ2n) is 6.68. The van der Waals surface area contributed by atoms with E-state index in [0.29, 0.717) is 17.8 Å². The van der Waals surface area contributed by atoms with Gasteiger partial charge in [0, 0.05) is 6.20 Å². The van der Waals surface area contributed by atoms with E-state index < -0.39 is 5.97 Å². The number of benzene rings is 1. The van der Waals surface area contributed by atoms with E-state index in [1.165, 1.54) is 10.5 Å². The molecular formula is C22H21N4O4+. The highest BCUT2D eigenvalue weighted by molar-refractivity contribution is 5.96. The van der Waals surface area contributed by atoms with E-state index in [2.05, 4.69) is 4.98 Å². The summed E-state index contributed by atoms with van der Waals surface area (Å²) in [7, 11) is 1.60. The summed E-state index contributed by atoms with van der Waals surface area (Å²) in [4.78, 5) is 30.3. The van der Waals surface area contributed by atoms with Gasteiger partial charge in [0.2, 0.25) is 11.5 Å². The highest BCUT2D eigenvalue weighted by Crippen LogP contribution is 2.17. The number of hydrogen-bond donors (Lipinski definition) is 1. The number of pyridine rings is 2. The minimum absolute atomic E-state index is 0.132. The second kappa shape index (κ2) is 7.82. The average Bonchev–Trinajstić information content (AvgIpc) is 2.76. The zero-order valence-corrected chi connectivity index (χ0v) is 16.7. The zero-order chi connectivity index (χ0) is 21.3. The summed E-state index contributed by atoms with van der Waals surface area (Å²) >= 11 is 0. The number of ether oxygens (including phenoxy) is 2. The SMILES string of the molecule is CCOC(=O)c1cc2c(=O)n3ccccc3nc2[n+](Cc2ccc(OC)cc2)c1N. The maximum atomic E-state index is 13.1. The fourth-order valence-corrected chi connectivity index (χ4v) is 3.35. The van der Waals surface area contributed by atoms with E-state index in [1.807, 2.05) is 24.3 Å². The summed E-state index contributed by atoms with van der Waals surface area (Å²) in [6, 6.07) is 14.2. The third-order valence-electron chi connectivity index (χ3n) is 4.86. The largest absolute Gasteiger partial charge is 0.497 e. The summed E-state index contributed by atoms with van der Waals surface area (Å²) in [5, 5.41) is 0.282. The molecule has 0 aliphatic carbocycles. The molecule has 0 spiro atoms. The molecule has 0 saturated carbocycles. The molecule has 0 aliphatic heterocycles. The van der Waals surface area contributed by atoms with Gasteiger partial charge < -0.3 is 15.2 Å². The first-order valence-electron chi connectivity index (χ1n) is 9.47. The molecule has 2 N–H and O–H groups in total. The Morgan fingerprint density at radius 1 is 1.20 bits per heavy atom. The van der Waals surface area contributed by atoms with Crippen molar-refractivity contribution in [3.63, 3.8) is 0 Å². The summed E-state index contributed by atoms with van der Waals surface area (Å²) in [6.45, 7) is 2.23. The number of nitrogens with zero attached hydrogens (tertiary/aromatic N) is 3. The molecule has 0 amide bonds. The molecule has 0 saturated heterocycles. The number of methoxy groups -OCH3 is 1. The van der Waals surface area contributed by atoms with Crippen LogP contribution in [-0.2, 0) is 11.3 Å². The fraction of sp³-hybridized carbons (Fsp3) is 0.182. The predicted molar refractivity (Wildman–Crippen MR) is 112 cm³/mol. The van der Waals surface area contributed by atoms with Crippen molar-refractivity contribution in [3.05, 3.63) is 76.2 Å². The van der Waals surface area contributed by atoms with Crippen LogP contribution >= 0.6 is 0 Å². The van der Waals surface area contributed by atoms with Crippen LogP contribution in [0.4, 0.5) is 5.82 Å². The summed E-state index contributed by atoms with van der Waals surface area (Å²) in [5.41, 5.74) is 8.00. The molecule has 0 unspecified atom stereocenters. The van der Waals surface area contributed by atoms with Gasteiger partial charge in [-0.3, -0.25) is 9.20 Å². The molecule has 0 fully saturated rings. The van der Waals surface area contributed by atoms with Crippen LogP contribution in [0.15, 0.2) is 59.5 Å². The quantitative estimate of drug-likeness (QED) is 0.310. The Labute approximate surface area is 172 Å². The first-order valence-corrected chi connectivity index (χ1v) is 9.47. The Morgan fingerprint density at radius 2 is 1.97 bits per heavy atom. The molecule has 0 bridgehead atoms. The van der Waals surface area contributed by atoms with Gasteiger partial charge in [-0.2, -0.15) is 0 Å². The van der Waals surface area contributed by atoms with Gasteiger partial charge in [-0.05, 0) is 42.8 Å². The molecule has 0 aliphatic rings. The first kappa shape index (κ1) is 19.4. The molecule has 30 heavy (non-hydrogen) atoms.